The van der Waals surface area contributed by atoms with Crippen molar-refractivity contribution in [2.24, 2.45) is 0 Å². The number of H-pyrrole nitrogens is 1. The number of hydrogen-bond acceptors (Lipinski definition) is 1. The molecule has 6 heavy (non-hydrogen) atoms. The monoisotopic (exact) mass is 84.1 g/mol. The van der Waals surface area contributed by atoms with Gasteiger partial charge in [0, 0.05) is 11.9 Å². The zero-order valence-corrected chi connectivity index (χ0v) is 3.52. The van der Waals surface area contributed by atoms with Gasteiger partial charge in [-0.15, -0.1) is 0 Å². The van der Waals surface area contributed by atoms with Crippen LogP contribution in [0.15, 0.2) is 12.5 Å². The maximum absolute atomic E-state index is 6.96. The Kier molecular flexibility index (Phi) is 0.449. The zero-order valence-electron chi connectivity index (χ0n) is 4.52. The van der Waals surface area contributed by atoms with E-state index >= 15 is 0 Å². The molecule has 0 amide bonds. The highest BCUT2D eigenvalue weighted by Crippen LogP contribution is 1.81. The molecule has 0 aromatic carbocycles. The standard InChI is InChI=1S/C4H6N2/c1-4-2-5-3-6-4/h2-3H,1H3,(H,5,6)/i2T. The molecule has 1 heterocycles. The van der Waals surface area contributed by atoms with Crippen LogP contribution in [0.3, 0.4) is 0 Å². The molecule has 1 N–H and O–H groups in total. The van der Waals surface area contributed by atoms with Gasteiger partial charge in [-0.2, -0.15) is 0 Å². The average molecular weight is 84.1 g/mol. The van der Waals surface area contributed by atoms with Crippen molar-refractivity contribution >= 4 is 0 Å². The van der Waals surface area contributed by atoms with Crippen LogP contribution in [0.25, 0.3) is 0 Å². The molecule has 0 aliphatic heterocycles. The predicted octanol–water partition coefficient (Wildman–Crippen LogP) is 0.718. The molecule has 0 fully saturated rings. The minimum atomic E-state index is 0.333. The van der Waals surface area contributed by atoms with E-state index < -0.39 is 0 Å². The number of aryl methyl sites for hydroxylation is 1. The quantitative estimate of drug-likeness (QED) is 0.493. The lowest BCUT2D eigenvalue weighted by atomic mass is 10.6. The van der Waals surface area contributed by atoms with Crippen molar-refractivity contribution in [1.82, 2.24) is 9.97 Å². The summed E-state index contributed by atoms with van der Waals surface area (Å²) in [7, 11) is 0. The van der Waals surface area contributed by atoms with Crippen molar-refractivity contribution in [1.29, 1.82) is 0 Å². The summed E-state index contributed by atoms with van der Waals surface area (Å²) in [5, 5.41) is 0. The molecule has 0 unspecified atom stereocenters. The van der Waals surface area contributed by atoms with Crippen LogP contribution in [-0.4, -0.2) is 9.97 Å². The summed E-state index contributed by atoms with van der Waals surface area (Å²) in [6.45, 7) is 1.81. The summed E-state index contributed by atoms with van der Waals surface area (Å²) in [5.41, 5.74) is 0.819. The van der Waals surface area contributed by atoms with Gasteiger partial charge in [0.25, 0.3) is 0 Å². The van der Waals surface area contributed by atoms with Crippen LogP contribution in [0.2, 0.25) is 0 Å². The summed E-state index contributed by atoms with van der Waals surface area (Å²) >= 11 is 0. The van der Waals surface area contributed by atoms with Crippen molar-refractivity contribution < 1.29 is 1.37 Å². The Morgan fingerprint density at radius 3 is 3.17 bits per heavy atom. The Morgan fingerprint density at radius 1 is 2.17 bits per heavy atom. The van der Waals surface area contributed by atoms with Gasteiger partial charge >= 0.3 is 0 Å². The van der Waals surface area contributed by atoms with Crippen molar-refractivity contribution in [2.45, 2.75) is 6.92 Å². The highest BCUT2D eigenvalue weighted by molar-refractivity contribution is 4.87. The van der Waals surface area contributed by atoms with Gasteiger partial charge in [0.15, 0.2) is 0 Å². The van der Waals surface area contributed by atoms with Gasteiger partial charge in [0.2, 0.25) is 0 Å². The Labute approximate surface area is 37.6 Å². The van der Waals surface area contributed by atoms with E-state index in [-0.39, 0.29) is 0 Å². The van der Waals surface area contributed by atoms with E-state index in [1.165, 1.54) is 6.33 Å². The van der Waals surface area contributed by atoms with Gasteiger partial charge in [0.1, 0.15) is 0 Å². The van der Waals surface area contributed by atoms with E-state index in [1.54, 1.807) is 0 Å². The van der Waals surface area contributed by atoms with E-state index in [0.29, 0.717) is 6.17 Å². The number of rotatable bonds is 0. The van der Waals surface area contributed by atoms with Gasteiger partial charge < -0.3 is 4.98 Å². The third-order valence-electron chi connectivity index (χ3n) is 0.578. The second kappa shape index (κ2) is 1.12. The van der Waals surface area contributed by atoms with Gasteiger partial charge in [0.05, 0.1) is 7.70 Å². The fourth-order valence-electron chi connectivity index (χ4n) is 0.290. The molecule has 1 aromatic rings. The summed E-state index contributed by atoms with van der Waals surface area (Å²) in [4.78, 5) is 6.40. The van der Waals surface area contributed by atoms with Gasteiger partial charge in [-0.25, -0.2) is 4.98 Å². The number of imidazole rings is 1. The number of aromatic amines is 1. The maximum Gasteiger partial charge on any atom is 0.0921 e. The molecule has 1 aromatic heterocycles. The molecule has 0 saturated heterocycles. The zero-order chi connectivity index (χ0) is 5.28. The van der Waals surface area contributed by atoms with Crippen LogP contribution in [-0.2, 0) is 0 Å². The molecule has 2 heteroatoms. The fraction of sp³-hybridized carbons (Fsp3) is 0.250. The first-order valence-corrected chi connectivity index (χ1v) is 1.77. The van der Waals surface area contributed by atoms with Crippen LogP contribution in [0.5, 0.6) is 0 Å². The topological polar surface area (TPSA) is 28.7 Å². The Hall–Kier alpha value is -0.790. The van der Waals surface area contributed by atoms with Gasteiger partial charge in [-0.1, -0.05) is 0 Å². The minimum absolute atomic E-state index is 0.333. The Bertz CT molecular complexity index is 142. The minimum Gasteiger partial charge on any atom is -0.349 e. The van der Waals surface area contributed by atoms with Crippen LogP contribution in [0.4, 0.5) is 0 Å². The lowest BCUT2D eigenvalue weighted by molar-refractivity contribution is 1.25. The molecule has 0 aliphatic rings. The first-order valence-electron chi connectivity index (χ1n) is 2.27. The van der Waals surface area contributed by atoms with E-state index in [0.717, 1.165) is 5.69 Å². The number of nitrogens with zero attached hydrogens (tertiary/aromatic N) is 1. The van der Waals surface area contributed by atoms with E-state index in [9.17, 15) is 0 Å². The third kappa shape index (κ3) is 0.407. The van der Waals surface area contributed by atoms with E-state index in [2.05, 4.69) is 9.97 Å². The highest BCUT2D eigenvalue weighted by atomic mass is 14.8. The highest BCUT2D eigenvalue weighted by Gasteiger charge is 1.73. The summed E-state index contributed by atoms with van der Waals surface area (Å²) in [6.07, 6.45) is 1.84. The summed E-state index contributed by atoms with van der Waals surface area (Å²) in [6, 6.07) is 0. The second-order valence-electron chi connectivity index (χ2n) is 1.14. The Morgan fingerprint density at radius 2 is 3.00 bits per heavy atom. The van der Waals surface area contributed by atoms with Crippen LogP contribution < -0.4 is 0 Å². The summed E-state index contributed by atoms with van der Waals surface area (Å²) < 4.78 is 6.96. The predicted molar refractivity (Wildman–Crippen MR) is 23.3 cm³/mol. The van der Waals surface area contributed by atoms with Gasteiger partial charge in [-0.3, -0.25) is 0 Å². The maximum atomic E-state index is 6.96. The van der Waals surface area contributed by atoms with E-state index in [4.69, 9.17) is 1.37 Å². The SMILES string of the molecule is [3H]c1nc[nH]c1C. The number of aromatic nitrogens is 2. The first kappa shape index (κ1) is 2.39. The average Bonchev–Trinajstić information content (AvgIpc) is 1.91. The smallest absolute Gasteiger partial charge is 0.0921 e. The normalized spacial score (nSPS) is 11.2. The lowest BCUT2D eigenvalue weighted by Crippen LogP contribution is -1.59. The molecule has 0 spiro atoms. The van der Waals surface area contributed by atoms with Crippen LogP contribution >= 0.6 is 0 Å². The van der Waals surface area contributed by atoms with Crippen molar-refractivity contribution in [2.75, 3.05) is 0 Å². The molecular formula is C4H6N2. The molecule has 0 saturated carbocycles. The molecule has 0 radical (unpaired) electrons. The lowest BCUT2D eigenvalue weighted by Gasteiger charge is -1.67. The molecular weight excluding hydrogens is 76.1 g/mol. The molecule has 2 nitrogen and oxygen atoms in total. The van der Waals surface area contributed by atoms with Gasteiger partial charge in [-0.05, 0) is 6.92 Å². The molecule has 32 valence electrons. The van der Waals surface area contributed by atoms with Crippen LogP contribution in [0.1, 0.15) is 7.06 Å². The van der Waals surface area contributed by atoms with E-state index in [1.807, 2.05) is 6.92 Å². The number of hydrogen-bond donors (Lipinski definition) is 1. The molecule has 0 aliphatic carbocycles. The van der Waals surface area contributed by atoms with Crippen molar-refractivity contribution in [3.63, 3.8) is 0 Å². The van der Waals surface area contributed by atoms with Crippen molar-refractivity contribution in [3.05, 3.63) is 18.2 Å². The van der Waals surface area contributed by atoms with Crippen molar-refractivity contribution in [3.8, 4) is 0 Å². The second-order valence-corrected chi connectivity index (χ2v) is 1.14. The first-order chi connectivity index (χ1) is 3.30. The molecule has 1 rings (SSSR count). The largest absolute Gasteiger partial charge is 0.349 e. The third-order valence-corrected chi connectivity index (χ3v) is 0.578. The molecule has 0 atom stereocenters. The van der Waals surface area contributed by atoms with Crippen LogP contribution in [0, 0.1) is 6.92 Å². The fourth-order valence-corrected chi connectivity index (χ4v) is 0.290. The Balaban J connectivity index is 3.12. The molecule has 0 bridgehead atoms. The summed E-state index contributed by atoms with van der Waals surface area (Å²) in [5.74, 6) is 0. The number of nitrogens with one attached hydrogen (secondary N) is 1.